The molecular formula is C18H16F4N4O3. The van der Waals surface area contributed by atoms with Gasteiger partial charge in [0.25, 0.3) is 11.9 Å². The van der Waals surface area contributed by atoms with Gasteiger partial charge in [0.15, 0.2) is 18.1 Å². The topological polar surface area (TPSA) is 98.8 Å². The van der Waals surface area contributed by atoms with Crippen LogP contribution in [0.25, 0.3) is 0 Å². The average Bonchev–Trinajstić information content (AvgIpc) is 2.67. The minimum Gasteiger partial charge on any atom is -0.482 e. The van der Waals surface area contributed by atoms with Crippen LogP contribution in [-0.2, 0) is 4.74 Å². The van der Waals surface area contributed by atoms with Crippen LogP contribution in [0.15, 0.2) is 41.5 Å². The first-order chi connectivity index (χ1) is 13.7. The van der Waals surface area contributed by atoms with Crippen molar-refractivity contribution in [1.82, 2.24) is 4.98 Å². The Balaban J connectivity index is 1.80. The molecule has 3 rings (SSSR count). The van der Waals surface area contributed by atoms with E-state index >= 15 is 0 Å². The van der Waals surface area contributed by atoms with Crippen LogP contribution >= 0.6 is 0 Å². The van der Waals surface area contributed by atoms with Crippen molar-refractivity contribution >= 4 is 17.6 Å². The summed E-state index contributed by atoms with van der Waals surface area (Å²) >= 11 is 0. The molecule has 0 saturated carbocycles. The summed E-state index contributed by atoms with van der Waals surface area (Å²) in [5.41, 5.74) is 5.58. The number of hydrogen-bond donors (Lipinski definition) is 2. The highest BCUT2D eigenvalue weighted by molar-refractivity contribution is 6.04. The quantitative estimate of drug-likeness (QED) is 0.735. The molecule has 29 heavy (non-hydrogen) atoms. The van der Waals surface area contributed by atoms with Crippen molar-refractivity contribution in [3.63, 3.8) is 0 Å². The van der Waals surface area contributed by atoms with Crippen LogP contribution in [0.4, 0.5) is 23.2 Å². The lowest BCUT2D eigenvalue weighted by molar-refractivity contribution is -0.153. The van der Waals surface area contributed by atoms with E-state index in [9.17, 15) is 22.4 Å². The smallest absolute Gasteiger partial charge is 0.422 e. The summed E-state index contributed by atoms with van der Waals surface area (Å²) in [6.45, 7) is -1.30. The Bertz CT molecular complexity index is 934. The monoisotopic (exact) mass is 412 g/mol. The maximum absolute atomic E-state index is 14.2. The predicted molar refractivity (Wildman–Crippen MR) is 95.1 cm³/mol. The number of benzene rings is 1. The molecule has 0 bridgehead atoms. The summed E-state index contributed by atoms with van der Waals surface area (Å²) < 4.78 is 61.1. The number of aromatic nitrogens is 1. The standard InChI is InChI=1S/C18H16F4N4O3/c19-12-4-3-10(8-11(12)13-5-7-28-17(23)26-13)25-16(27)15-14(2-1-6-24-15)29-9-18(20,21)22/h1-4,6,8,13H,5,7,9H2,(H2,23,26)(H,25,27). The van der Waals surface area contributed by atoms with E-state index in [4.69, 9.17) is 10.5 Å². The fourth-order valence-corrected chi connectivity index (χ4v) is 2.66. The Labute approximate surface area is 162 Å². The largest absolute Gasteiger partial charge is 0.482 e. The zero-order valence-electron chi connectivity index (χ0n) is 14.9. The zero-order chi connectivity index (χ0) is 21.0. The lowest BCUT2D eigenvalue weighted by Crippen LogP contribution is -2.24. The molecule has 0 spiro atoms. The van der Waals surface area contributed by atoms with Gasteiger partial charge in [-0.15, -0.1) is 0 Å². The van der Waals surface area contributed by atoms with E-state index in [2.05, 4.69) is 20.0 Å². The highest BCUT2D eigenvalue weighted by Gasteiger charge is 2.29. The maximum atomic E-state index is 14.2. The Morgan fingerprint density at radius 2 is 2.14 bits per heavy atom. The van der Waals surface area contributed by atoms with Gasteiger partial charge < -0.3 is 20.5 Å². The maximum Gasteiger partial charge on any atom is 0.422 e. The number of amidine groups is 1. The van der Waals surface area contributed by atoms with Gasteiger partial charge in [-0.2, -0.15) is 13.2 Å². The van der Waals surface area contributed by atoms with Gasteiger partial charge in [-0.25, -0.2) is 14.4 Å². The molecule has 11 heteroatoms. The van der Waals surface area contributed by atoms with E-state index in [0.29, 0.717) is 6.42 Å². The lowest BCUT2D eigenvalue weighted by atomic mass is 10.0. The van der Waals surface area contributed by atoms with E-state index < -0.39 is 30.5 Å². The van der Waals surface area contributed by atoms with E-state index in [1.807, 2.05) is 0 Å². The van der Waals surface area contributed by atoms with Crippen molar-refractivity contribution in [2.45, 2.75) is 18.6 Å². The van der Waals surface area contributed by atoms with Gasteiger partial charge in [0.2, 0.25) is 0 Å². The molecule has 154 valence electrons. The third kappa shape index (κ3) is 5.33. The number of rotatable bonds is 5. The lowest BCUT2D eigenvalue weighted by Gasteiger charge is -2.20. The summed E-state index contributed by atoms with van der Waals surface area (Å²) in [5, 5.41) is 2.47. The molecule has 1 aromatic heterocycles. The second-order valence-electron chi connectivity index (χ2n) is 6.06. The number of alkyl halides is 3. The molecule has 0 radical (unpaired) electrons. The first-order valence-electron chi connectivity index (χ1n) is 8.44. The van der Waals surface area contributed by atoms with Crippen LogP contribution in [-0.4, -0.2) is 36.3 Å². The minimum atomic E-state index is -4.57. The third-order valence-corrected chi connectivity index (χ3v) is 3.91. The zero-order valence-corrected chi connectivity index (χ0v) is 14.9. The van der Waals surface area contributed by atoms with Crippen LogP contribution in [0.1, 0.15) is 28.5 Å². The second kappa shape index (κ2) is 8.33. The number of carbonyl (C=O) groups is 1. The summed E-state index contributed by atoms with van der Waals surface area (Å²) in [6, 6.07) is 5.72. The Hall–Kier alpha value is -3.37. The van der Waals surface area contributed by atoms with E-state index in [0.717, 1.165) is 6.07 Å². The number of aliphatic imine (C=N–C) groups is 1. The van der Waals surface area contributed by atoms with Crippen molar-refractivity contribution in [2.75, 3.05) is 18.5 Å². The molecule has 1 amide bonds. The number of pyridine rings is 1. The fraction of sp³-hybridized carbons (Fsp3) is 0.278. The Morgan fingerprint density at radius 1 is 1.34 bits per heavy atom. The average molecular weight is 412 g/mol. The first-order valence-corrected chi connectivity index (χ1v) is 8.44. The van der Waals surface area contributed by atoms with E-state index in [1.54, 1.807) is 0 Å². The number of anilines is 1. The van der Waals surface area contributed by atoms with Gasteiger partial charge in [0, 0.05) is 23.9 Å². The minimum absolute atomic E-state index is 0.0602. The van der Waals surface area contributed by atoms with E-state index in [1.165, 1.54) is 30.5 Å². The number of hydrogen-bond acceptors (Lipinski definition) is 6. The highest BCUT2D eigenvalue weighted by atomic mass is 19.4. The predicted octanol–water partition coefficient (Wildman–Crippen LogP) is 3.19. The molecule has 2 aromatic rings. The molecule has 2 heterocycles. The summed E-state index contributed by atoms with van der Waals surface area (Å²) in [5.74, 6) is -1.68. The second-order valence-corrected chi connectivity index (χ2v) is 6.06. The van der Waals surface area contributed by atoms with Crippen molar-refractivity contribution in [2.24, 2.45) is 10.7 Å². The molecule has 1 unspecified atom stereocenters. The summed E-state index contributed by atoms with van der Waals surface area (Å²) in [6.07, 6.45) is -2.93. The first kappa shape index (κ1) is 20.4. The molecule has 1 aromatic carbocycles. The van der Waals surface area contributed by atoms with Gasteiger partial charge >= 0.3 is 6.18 Å². The Kier molecular flexibility index (Phi) is 5.85. The molecule has 7 nitrogen and oxygen atoms in total. The number of amides is 1. The molecule has 0 fully saturated rings. The van der Waals surface area contributed by atoms with Crippen LogP contribution in [0, 0.1) is 5.82 Å². The summed E-state index contributed by atoms with van der Waals surface area (Å²) in [4.78, 5) is 20.3. The summed E-state index contributed by atoms with van der Waals surface area (Å²) in [7, 11) is 0. The van der Waals surface area contributed by atoms with Crippen LogP contribution in [0.5, 0.6) is 5.75 Å². The van der Waals surface area contributed by atoms with Gasteiger partial charge in [0.1, 0.15) is 5.82 Å². The number of nitrogens with zero attached hydrogens (tertiary/aromatic N) is 2. The van der Waals surface area contributed by atoms with Crippen molar-refractivity contribution in [3.05, 3.63) is 53.6 Å². The van der Waals surface area contributed by atoms with Gasteiger partial charge in [-0.05, 0) is 30.3 Å². The van der Waals surface area contributed by atoms with Crippen molar-refractivity contribution in [1.29, 1.82) is 0 Å². The highest BCUT2D eigenvalue weighted by Crippen LogP contribution is 2.29. The number of ether oxygens (including phenoxy) is 2. The van der Waals surface area contributed by atoms with Crippen molar-refractivity contribution < 1.29 is 31.8 Å². The normalized spacial score (nSPS) is 16.6. The van der Waals surface area contributed by atoms with Gasteiger partial charge in [-0.1, -0.05) is 0 Å². The van der Waals surface area contributed by atoms with Gasteiger partial charge in [0.05, 0.1) is 12.6 Å². The third-order valence-electron chi connectivity index (χ3n) is 3.91. The molecule has 1 aliphatic rings. The number of nitrogens with two attached hydrogens (primary N) is 1. The molecule has 3 N–H and O–H groups in total. The van der Waals surface area contributed by atoms with Crippen LogP contribution in [0.2, 0.25) is 0 Å². The van der Waals surface area contributed by atoms with E-state index in [-0.39, 0.29) is 35.3 Å². The molecular weight excluding hydrogens is 396 g/mol. The number of halogens is 4. The SMILES string of the molecule is NC1=NC(c2cc(NC(=O)c3ncccc3OCC(F)(F)F)ccc2F)CCO1. The Morgan fingerprint density at radius 3 is 2.86 bits per heavy atom. The van der Waals surface area contributed by atoms with Crippen molar-refractivity contribution in [3.8, 4) is 5.75 Å². The van der Waals surface area contributed by atoms with Crippen LogP contribution in [0.3, 0.4) is 0 Å². The number of nitrogens with one attached hydrogen (secondary N) is 1. The molecule has 1 aliphatic heterocycles. The number of carbonyl (C=O) groups excluding carboxylic acids is 1. The fourth-order valence-electron chi connectivity index (χ4n) is 2.66. The van der Waals surface area contributed by atoms with Crippen LogP contribution < -0.4 is 15.8 Å². The molecule has 1 atom stereocenters. The molecule has 0 saturated heterocycles. The molecule has 0 aliphatic carbocycles. The van der Waals surface area contributed by atoms with Gasteiger partial charge in [-0.3, -0.25) is 4.79 Å².